The Balaban J connectivity index is 1.07. The lowest BCUT2D eigenvalue weighted by atomic mass is 10.0. The van der Waals surface area contributed by atoms with Gasteiger partial charge >= 0.3 is 6.03 Å². The Bertz CT molecular complexity index is 1450. The van der Waals surface area contributed by atoms with E-state index in [1.807, 2.05) is 26.8 Å². The number of piperidine rings is 1. The van der Waals surface area contributed by atoms with Gasteiger partial charge in [-0.1, -0.05) is 59.7 Å². The summed E-state index contributed by atoms with van der Waals surface area (Å²) in [4.78, 5) is 53.7. The van der Waals surface area contributed by atoms with E-state index in [0.717, 1.165) is 61.5 Å². The van der Waals surface area contributed by atoms with Crippen LogP contribution in [0.1, 0.15) is 41.3 Å². The molecule has 45 heavy (non-hydrogen) atoms. The molecule has 4 heterocycles. The van der Waals surface area contributed by atoms with Crippen molar-refractivity contribution in [3.63, 3.8) is 0 Å². The maximum Gasteiger partial charge on any atom is 0.320 e. The van der Waals surface area contributed by atoms with E-state index in [9.17, 15) is 14.4 Å². The molecule has 9 nitrogen and oxygen atoms in total. The molecule has 3 aliphatic rings. The van der Waals surface area contributed by atoms with Gasteiger partial charge in [0.25, 0.3) is 5.91 Å². The van der Waals surface area contributed by atoms with Gasteiger partial charge < -0.3 is 19.6 Å². The molecule has 3 aromatic rings. The van der Waals surface area contributed by atoms with Crippen LogP contribution in [0.2, 0.25) is 0 Å². The Hall–Kier alpha value is -4.24. The number of hydrogen-bond donors (Lipinski definition) is 0. The first-order chi connectivity index (χ1) is 21.7. The number of piperazine rings is 2. The van der Waals surface area contributed by atoms with Crippen LogP contribution in [0.25, 0.3) is 22.5 Å². The van der Waals surface area contributed by atoms with Crippen LogP contribution in [0.5, 0.6) is 0 Å². The highest BCUT2D eigenvalue weighted by atomic mass is 16.2. The van der Waals surface area contributed by atoms with Gasteiger partial charge in [-0.3, -0.25) is 14.5 Å². The summed E-state index contributed by atoms with van der Waals surface area (Å²) >= 11 is 0. The molecule has 9 heteroatoms. The molecule has 3 aliphatic heterocycles. The number of likely N-dealkylation sites (tertiary alicyclic amines) is 1. The van der Waals surface area contributed by atoms with Crippen LogP contribution in [0.15, 0.2) is 60.7 Å². The van der Waals surface area contributed by atoms with Crippen molar-refractivity contribution in [3.8, 4) is 22.5 Å². The number of nitrogens with zero attached hydrogens (tertiary/aromatic N) is 6. The molecule has 0 bridgehead atoms. The predicted molar refractivity (Wildman–Crippen MR) is 176 cm³/mol. The zero-order valence-corrected chi connectivity index (χ0v) is 26.7. The highest BCUT2D eigenvalue weighted by Crippen LogP contribution is 2.27. The third-order valence-corrected chi connectivity index (χ3v) is 9.62. The third kappa shape index (κ3) is 7.04. The summed E-state index contributed by atoms with van der Waals surface area (Å²) < 4.78 is 0. The second kappa shape index (κ2) is 13.4. The number of carbonyl (C=O) groups is 3. The SMILES string of the molecule is CC(=O)N1CCN(C(=O)N2CCC(N3CCN(C(=O)c4cc(-c5ccc(C)cc5)nc(-c5ccc(C)cc5)c4)CC3)CC2)CC1. The van der Waals surface area contributed by atoms with Gasteiger partial charge in [0, 0.05) is 95.1 Å². The van der Waals surface area contributed by atoms with E-state index < -0.39 is 0 Å². The van der Waals surface area contributed by atoms with E-state index in [1.54, 1.807) is 11.8 Å². The number of benzene rings is 2. The third-order valence-electron chi connectivity index (χ3n) is 9.62. The van der Waals surface area contributed by atoms with Gasteiger partial charge in [-0.15, -0.1) is 0 Å². The van der Waals surface area contributed by atoms with E-state index in [0.29, 0.717) is 50.9 Å². The van der Waals surface area contributed by atoms with Gasteiger partial charge in [-0.05, 0) is 38.8 Å². The number of carbonyl (C=O) groups excluding carboxylic acids is 3. The molecular weight excluding hydrogens is 564 g/mol. The maximum absolute atomic E-state index is 13.9. The fraction of sp³-hybridized carbons (Fsp3) is 0.444. The molecule has 0 radical (unpaired) electrons. The lowest BCUT2D eigenvalue weighted by molar-refractivity contribution is -0.130. The molecule has 0 unspecified atom stereocenters. The summed E-state index contributed by atoms with van der Waals surface area (Å²) in [5.41, 5.74) is 6.64. The summed E-state index contributed by atoms with van der Waals surface area (Å²) in [5.74, 6) is 0.119. The van der Waals surface area contributed by atoms with Crippen molar-refractivity contribution < 1.29 is 14.4 Å². The van der Waals surface area contributed by atoms with Crippen molar-refractivity contribution in [1.82, 2.24) is 29.5 Å². The highest BCUT2D eigenvalue weighted by Gasteiger charge is 2.33. The van der Waals surface area contributed by atoms with Gasteiger partial charge in [-0.2, -0.15) is 0 Å². The average molecular weight is 609 g/mol. The highest BCUT2D eigenvalue weighted by molar-refractivity contribution is 5.96. The average Bonchev–Trinajstić information content (AvgIpc) is 3.08. The minimum atomic E-state index is 0.0454. The molecule has 4 amide bonds. The molecule has 3 fully saturated rings. The lowest BCUT2D eigenvalue weighted by Crippen LogP contribution is -2.57. The Morgan fingerprint density at radius 1 is 0.600 bits per heavy atom. The van der Waals surface area contributed by atoms with Crippen molar-refractivity contribution in [2.75, 3.05) is 65.4 Å². The summed E-state index contributed by atoms with van der Waals surface area (Å²) in [7, 11) is 0. The first-order valence-electron chi connectivity index (χ1n) is 16.2. The second-order valence-corrected chi connectivity index (χ2v) is 12.7. The Morgan fingerprint density at radius 3 is 1.53 bits per heavy atom. The quantitative estimate of drug-likeness (QED) is 0.435. The maximum atomic E-state index is 13.9. The first kappa shape index (κ1) is 30.8. The Kier molecular flexibility index (Phi) is 9.16. The van der Waals surface area contributed by atoms with Crippen LogP contribution in [-0.4, -0.2) is 119 Å². The fourth-order valence-electron chi connectivity index (χ4n) is 6.71. The molecule has 2 aromatic carbocycles. The van der Waals surface area contributed by atoms with Crippen molar-refractivity contribution in [1.29, 1.82) is 0 Å². The minimum Gasteiger partial charge on any atom is -0.339 e. The standard InChI is InChI=1S/C36H44N6O3/c1-26-4-8-29(9-5-26)33-24-31(25-34(37-33)30-10-6-27(2)7-11-30)35(44)40-20-18-39(19-21-40)32-12-14-41(15-13-32)36(45)42-22-16-38(17-23-42)28(3)43/h4-11,24-25,32H,12-23H2,1-3H3. The van der Waals surface area contributed by atoms with E-state index in [-0.39, 0.29) is 17.8 Å². The van der Waals surface area contributed by atoms with Crippen molar-refractivity contribution in [2.45, 2.75) is 39.7 Å². The molecule has 6 rings (SSSR count). The van der Waals surface area contributed by atoms with Crippen LogP contribution in [-0.2, 0) is 4.79 Å². The Morgan fingerprint density at radius 2 is 1.04 bits per heavy atom. The van der Waals surface area contributed by atoms with Gasteiger partial charge in [0.1, 0.15) is 0 Å². The van der Waals surface area contributed by atoms with Crippen LogP contribution in [0.4, 0.5) is 4.79 Å². The van der Waals surface area contributed by atoms with E-state index in [2.05, 4.69) is 67.3 Å². The van der Waals surface area contributed by atoms with E-state index in [1.165, 1.54) is 11.1 Å². The summed E-state index contributed by atoms with van der Waals surface area (Å²) in [6, 6.07) is 21.0. The zero-order valence-electron chi connectivity index (χ0n) is 26.7. The van der Waals surface area contributed by atoms with Crippen molar-refractivity contribution in [3.05, 3.63) is 77.4 Å². The fourth-order valence-corrected chi connectivity index (χ4v) is 6.71. The van der Waals surface area contributed by atoms with Gasteiger partial charge in [-0.25, -0.2) is 9.78 Å². The molecule has 0 saturated carbocycles. The van der Waals surface area contributed by atoms with Crippen LogP contribution >= 0.6 is 0 Å². The molecule has 3 saturated heterocycles. The Labute approximate surface area is 266 Å². The van der Waals surface area contributed by atoms with Crippen LogP contribution in [0, 0.1) is 13.8 Å². The van der Waals surface area contributed by atoms with Crippen molar-refractivity contribution >= 4 is 17.8 Å². The normalized spacial score (nSPS) is 18.3. The molecule has 236 valence electrons. The topological polar surface area (TPSA) is 80.3 Å². The number of hydrogen-bond acceptors (Lipinski definition) is 5. The van der Waals surface area contributed by atoms with Crippen molar-refractivity contribution in [2.24, 2.45) is 0 Å². The number of amides is 4. The molecular formula is C36H44N6O3. The number of rotatable bonds is 4. The number of aryl methyl sites for hydroxylation is 2. The molecule has 0 aliphatic carbocycles. The van der Waals surface area contributed by atoms with Gasteiger partial charge in [0.15, 0.2) is 0 Å². The van der Waals surface area contributed by atoms with Gasteiger partial charge in [0.2, 0.25) is 5.91 Å². The van der Waals surface area contributed by atoms with E-state index in [4.69, 9.17) is 4.98 Å². The van der Waals surface area contributed by atoms with Crippen LogP contribution in [0.3, 0.4) is 0 Å². The molecule has 0 atom stereocenters. The first-order valence-corrected chi connectivity index (χ1v) is 16.2. The monoisotopic (exact) mass is 608 g/mol. The summed E-state index contributed by atoms with van der Waals surface area (Å²) in [6.07, 6.45) is 1.88. The predicted octanol–water partition coefficient (Wildman–Crippen LogP) is 4.54. The zero-order chi connectivity index (χ0) is 31.5. The van der Waals surface area contributed by atoms with Crippen LogP contribution < -0.4 is 0 Å². The largest absolute Gasteiger partial charge is 0.339 e. The number of urea groups is 1. The molecule has 1 aromatic heterocycles. The minimum absolute atomic E-state index is 0.0454. The number of aromatic nitrogens is 1. The smallest absolute Gasteiger partial charge is 0.320 e. The lowest BCUT2D eigenvalue weighted by Gasteiger charge is -2.44. The molecule has 0 spiro atoms. The molecule has 0 N–H and O–H groups in total. The van der Waals surface area contributed by atoms with E-state index >= 15 is 0 Å². The summed E-state index contributed by atoms with van der Waals surface area (Å²) in [5, 5.41) is 0. The number of pyridine rings is 1. The van der Waals surface area contributed by atoms with Gasteiger partial charge in [0.05, 0.1) is 11.4 Å². The summed E-state index contributed by atoms with van der Waals surface area (Å²) in [6.45, 7) is 12.7. The second-order valence-electron chi connectivity index (χ2n) is 12.7.